The van der Waals surface area contributed by atoms with Crippen molar-refractivity contribution in [3.05, 3.63) is 105 Å². The Bertz CT molecular complexity index is 2640. The van der Waals surface area contributed by atoms with Crippen molar-refractivity contribution in [2.45, 2.75) is 187 Å². The molecule has 0 amide bonds. The summed E-state index contributed by atoms with van der Waals surface area (Å²) in [5.74, 6) is 0. The van der Waals surface area contributed by atoms with Crippen molar-refractivity contribution in [1.29, 1.82) is 0 Å². The van der Waals surface area contributed by atoms with E-state index in [1.54, 1.807) is 11.1 Å². The van der Waals surface area contributed by atoms with Crippen LogP contribution in [-0.2, 0) is 18.3 Å². The molecule has 3 aromatic heterocycles. The molecule has 2 aliphatic rings. The lowest BCUT2D eigenvalue weighted by Crippen LogP contribution is -2.26. The number of unbranched alkanes of at least 4 members (excludes halogenated alkanes) is 6. The zero-order valence-electron chi connectivity index (χ0n) is 39.5. The van der Waals surface area contributed by atoms with Gasteiger partial charge in [-0.05, 0) is 126 Å². The zero-order chi connectivity index (χ0) is 43.9. The lowest BCUT2D eigenvalue weighted by molar-refractivity contribution is 0.400. The third-order valence-electron chi connectivity index (χ3n) is 15.2. The first-order valence-corrected chi connectivity index (χ1v) is 28.0. The predicted molar refractivity (Wildman–Crippen MR) is 283 cm³/mol. The van der Waals surface area contributed by atoms with Crippen LogP contribution in [0.3, 0.4) is 0 Å². The molecular formula is C59H72N2S3. The van der Waals surface area contributed by atoms with Crippen LogP contribution < -0.4 is 0 Å². The molecule has 1 fully saturated rings. The number of aryl methyl sites for hydroxylation is 4. The second kappa shape index (κ2) is 21.3. The molecule has 0 bridgehead atoms. The summed E-state index contributed by atoms with van der Waals surface area (Å²) in [6, 6.07) is 29.4. The number of thiophene rings is 2. The lowest BCUT2D eigenvalue weighted by Gasteiger charge is -2.33. The third kappa shape index (κ3) is 9.47. The van der Waals surface area contributed by atoms with E-state index in [-0.39, 0.29) is 5.41 Å². The fraction of sp³-hybridized carbons (Fsp3) is 0.492. The highest BCUT2D eigenvalue weighted by molar-refractivity contribution is 7.19. The molecule has 9 rings (SSSR count). The molecule has 64 heavy (non-hydrogen) atoms. The van der Waals surface area contributed by atoms with Gasteiger partial charge in [-0.1, -0.05) is 184 Å². The topological polar surface area (TPSA) is 25.8 Å². The predicted octanol–water partition coefficient (Wildman–Crippen LogP) is 19.6. The highest BCUT2D eigenvalue weighted by Crippen LogP contribution is 2.58. The number of aromatic nitrogens is 2. The van der Waals surface area contributed by atoms with Crippen LogP contribution in [0.1, 0.15) is 188 Å². The maximum absolute atomic E-state index is 5.04. The number of rotatable bonds is 13. The van der Waals surface area contributed by atoms with E-state index in [4.69, 9.17) is 8.75 Å². The van der Waals surface area contributed by atoms with Crippen molar-refractivity contribution in [3.8, 4) is 42.4 Å². The molecule has 3 heterocycles. The van der Waals surface area contributed by atoms with Gasteiger partial charge in [0.15, 0.2) is 0 Å². The van der Waals surface area contributed by atoms with Gasteiger partial charge in [-0.15, -0.1) is 22.7 Å². The van der Waals surface area contributed by atoms with Gasteiger partial charge in [-0.3, -0.25) is 0 Å². The van der Waals surface area contributed by atoms with E-state index in [9.17, 15) is 0 Å². The van der Waals surface area contributed by atoms with E-state index >= 15 is 0 Å². The van der Waals surface area contributed by atoms with Gasteiger partial charge in [-0.2, -0.15) is 8.75 Å². The van der Waals surface area contributed by atoms with E-state index in [0.29, 0.717) is 0 Å². The lowest BCUT2D eigenvalue weighted by atomic mass is 9.70. The van der Waals surface area contributed by atoms with Crippen LogP contribution in [0.15, 0.2) is 72.8 Å². The number of hydrogen-bond donors (Lipinski definition) is 0. The quantitative estimate of drug-likeness (QED) is 0.108. The highest BCUT2D eigenvalue weighted by atomic mass is 32.1. The highest BCUT2D eigenvalue weighted by Gasteiger charge is 2.43. The summed E-state index contributed by atoms with van der Waals surface area (Å²) in [6.45, 7) is 9.29. The largest absolute Gasteiger partial charge is 0.172 e. The van der Waals surface area contributed by atoms with E-state index in [2.05, 4.69) is 100 Å². The molecule has 0 atom stereocenters. The smallest absolute Gasteiger partial charge is 0.114 e. The van der Waals surface area contributed by atoms with E-state index in [1.165, 1.54) is 234 Å². The van der Waals surface area contributed by atoms with Crippen molar-refractivity contribution >= 4 is 56.2 Å². The average Bonchev–Trinajstić information content (AvgIpc) is 4.11. The van der Waals surface area contributed by atoms with Crippen molar-refractivity contribution < 1.29 is 0 Å². The molecule has 2 aliphatic carbocycles. The summed E-state index contributed by atoms with van der Waals surface area (Å²) in [7, 11) is 0. The molecule has 7 aromatic rings. The van der Waals surface area contributed by atoms with Crippen molar-refractivity contribution in [3.63, 3.8) is 0 Å². The number of nitrogens with zero attached hydrogens (tertiary/aromatic N) is 2. The molecule has 336 valence electrons. The van der Waals surface area contributed by atoms with Gasteiger partial charge in [0, 0.05) is 36.1 Å². The summed E-state index contributed by atoms with van der Waals surface area (Å²) in [6.07, 6.45) is 31.6. The normalized spacial score (nSPS) is 16.0. The Hall–Kier alpha value is -3.64. The van der Waals surface area contributed by atoms with E-state index < -0.39 is 0 Å². The third-order valence-corrected chi connectivity index (χ3v) is 18.1. The van der Waals surface area contributed by atoms with Crippen molar-refractivity contribution in [2.75, 3.05) is 0 Å². The summed E-state index contributed by atoms with van der Waals surface area (Å²) >= 11 is 5.30. The van der Waals surface area contributed by atoms with E-state index in [0.717, 1.165) is 17.5 Å². The molecule has 5 heteroatoms. The van der Waals surface area contributed by atoms with Crippen molar-refractivity contribution in [2.24, 2.45) is 0 Å². The molecule has 1 spiro atoms. The molecule has 4 aromatic carbocycles. The van der Waals surface area contributed by atoms with Crippen molar-refractivity contribution in [1.82, 2.24) is 8.75 Å². The van der Waals surface area contributed by atoms with Gasteiger partial charge in [0.25, 0.3) is 0 Å². The van der Waals surface area contributed by atoms with Crippen LogP contribution in [-0.4, -0.2) is 8.75 Å². The van der Waals surface area contributed by atoms with Crippen LogP contribution in [0.4, 0.5) is 0 Å². The number of fused-ring (bicyclic) bond motifs is 8. The minimum absolute atomic E-state index is 0.0425. The second-order valence-corrected chi connectivity index (χ2v) is 22.5. The fourth-order valence-corrected chi connectivity index (χ4v) is 14.5. The Morgan fingerprint density at radius 3 is 1.69 bits per heavy atom. The number of benzene rings is 4. The number of hydrogen-bond acceptors (Lipinski definition) is 5. The molecule has 0 saturated heterocycles. The molecule has 1 saturated carbocycles. The molecule has 0 N–H and O–H groups in total. The van der Waals surface area contributed by atoms with Crippen LogP contribution in [0, 0.1) is 13.8 Å². The Morgan fingerprint density at radius 1 is 0.516 bits per heavy atom. The molecule has 0 radical (unpaired) electrons. The monoisotopic (exact) mass is 904 g/mol. The van der Waals surface area contributed by atoms with Gasteiger partial charge >= 0.3 is 0 Å². The summed E-state index contributed by atoms with van der Waals surface area (Å²) in [5.41, 5.74) is 16.7. The van der Waals surface area contributed by atoms with Crippen LogP contribution >= 0.6 is 34.4 Å². The Kier molecular flexibility index (Phi) is 15.2. The average molecular weight is 905 g/mol. The molecule has 2 nitrogen and oxygen atoms in total. The van der Waals surface area contributed by atoms with Crippen LogP contribution in [0.2, 0.25) is 0 Å². The molecular weight excluding hydrogens is 833 g/mol. The maximum atomic E-state index is 5.04. The minimum atomic E-state index is 0.0425. The first-order valence-electron chi connectivity index (χ1n) is 25.7. The van der Waals surface area contributed by atoms with Crippen LogP contribution in [0.5, 0.6) is 0 Å². The first kappa shape index (κ1) is 45.5. The van der Waals surface area contributed by atoms with Crippen LogP contribution in [0.25, 0.3) is 64.3 Å². The van der Waals surface area contributed by atoms with E-state index in [1.807, 2.05) is 22.7 Å². The van der Waals surface area contributed by atoms with Gasteiger partial charge < -0.3 is 0 Å². The minimum Gasteiger partial charge on any atom is -0.172 e. The van der Waals surface area contributed by atoms with Gasteiger partial charge in [0.2, 0.25) is 0 Å². The second-order valence-electron chi connectivity index (χ2n) is 19.6. The molecule has 0 unspecified atom stereocenters. The zero-order valence-corrected chi connectivity index (χ0v) is 42.0. The first-order chi connectivity index (χ1) is 31.5. The summed E-state index contributed by atoms with van der Waals surface area (Å²) < 4.78 is 10.0. The Labute approximate surface area is 397 Å². The van der Waals surface area contributed by atoms with Gasteiger partial charge in [0.05, 0.1) is 11.7 Å². The SMILES string of the molecule is CCCCCCc1cc(-c2ccc(-c3cc(CCCCCC)c(-c4ccc5c(c4)C4(CCCCCCCCCCCCCC4)c4cc(C)c6ccccc6c4-5)s3)c3nsnc23)sc1C. The summed E-state index contributed by atoms with van der Waals surface area (Å²) in [4.78, 5) is 5.57. The van der Waals surface area contributed by atoms with Gasteiger partial charge in [-0.25, -0.2) is 0 Å². The van der Waals surface area contributed by atoms with Gasteiger partial charge in [0.1, 0.15) is 11.0 Å². The molecule has 0 aliphatic heterocycles. The Morgan fingerprint density at radius 2 is 1.06 bits per heavy atom. The fourth-order valence-electron chi connectivity index (χ4n) is 11.6. The standard InChI is InChI=1S/C59H72N2S3/c1-5-7-9-21-27-43-39-53(62-42(43)4)49-33-34-50(57-56(49)60-64-61-57)54-40-44(28-22-10-8-6-2)58(63-54)45-31-32-48-51(38-45)59(52-37-41(3)46-29-23-24-30-47(46)55(48)52)35-25-19-17-15-13-11-12-14-16-18-20-26-36-59/h23-24,29-34,37-40H,5-22,25-28,35-36H2,1-4H3. The Balaban J connectivity index is 1.13. The summed E-state index contributed by atoms with van der Waals surface area (Å²) in [5, 5.41) is 2.85. The maximum Gasteiger partial charge on any atom is 0.114 e.